The Hall–Kier alpha value is -2.93. The SMILES string of the molecule is Cc1cc(C)cc(-n2c(CN3CCN(C(=O)NCCC(C)C)CC3)nc3cccnc32)c1. The van der Waals surface area contributed by atoms with E-state index in [1.165, 1.54) is 11.1 Å². The minimum Gasteiger partial charge on any atom is -0.338 e. The molecule has 0 saturated carbocycles. The lowest BCUT2D eigenvalue weighted by Gasteiger charge is -2.34. The first-order chi connectivity index (χ1) is 15.4. The van der Waals surface area contributed by atoms with Gasteiger partial charge in [0.1, 0.15) is 11.3 Å². The highest BCUT2D eigenvalue weighted by Crippen LogP contribution is 2.23. The number of nitrogens with zero attached hydrogens (tertiary/aromatic N) is 5. The van der Waals surface area contributed by atoms with E-state index >= 15 is 0 Å². The van der Waals surface area contributed by atoms with Crippen LogP contribution in [0.25, 0.3) is 16.9 Å². The molecule has 0 unspecified atom stereocenters. The van der Waals surface area contributed by atoms with Crippen molar-refractivity contribution in [2.24, 2.45) is 5.92 Å². The third-order valence-electron chi connectivity index (χ3n) is 5.97. The Bertz CT molecular complexity index is 1060. The second kappa shape index (κ2) is 9.69. The van der Waals surface area contributed by atoms with Crippen molar-refractivity contribution in [3.8, 4) is 5.69 Å². The van der Waals surface area contributed by atoms with Crippen molar-refractivity contribution in [3.05, 3.63) is 53.5 Å². The fraction of sp³-hybridized carbons (Fsp3) is 0.480. The first kappa shape index (κ1) is 22.3. The van der Waals surface area contributed by atoms with Gasteiger partial charge in [0.25, 0.3) is 0 Å². The van der Waals surface area contributed by atoms with E-state index in [1.54, 1.807) is 0 Å². The van der Waals surface area contributed by atoms with Gasteiger partial charge in [0, 0.05) is 44.6 Å². The maximum Gasteiger partial charge on any atom is 0.317 e. The van der Waals surface area contributed by atoms with E-state index in [0.717, 1.165) is 68.4 Å². The Balaban J connectivity index is 1.48. The molecule has 1 aliphatic heterocycles. The van der Waals surface area contributed by atoms with Crippen LogP contribution >= 0.6 is 0 Å². The third kappa shape index (κ3) is 5.10. The molecule has 1 fully saturated rings. The molecule has 3 aromatic rings. The number of carbonyl (C=O) groups excluding carboxylic acids is 1. The van der Waals surface area contributed by atoms with Crippen molar-refractivity contribution in [1.82, 2.24) is 29.7 Å². The molecule has 170 valence electrons. The minimum atomic E-state index is 0.0528. The molecule has 32 heavy (non-hydrogen) atoms. The molecule has 7 nitrogen and oxygen atoms in total. The summed E-state index contributed by atoms with van der Waals surface area (Å²) in [6.45, 7) is 13.2. The van der Waals surface area contributed by atoms with Crippen molar-refractivity contribution in [1.29, 1.82) is 0 Å². The number of fused-ring (bicyclic) bond motifs is 1. The fourth-order valence-corrected chi connectivity index (χ4v) is 4.31. The number of aryl methyl sites for hydroxylation is 2. The van der Waals surface area contributed by atoms with Crippen LogP contribution in [0.3, 0.4) is 0 Å². The van der Waals surface area contributed by atoms with E-state index in [2.05, 4.69) is 65.7 Å². The van der Waals surface area contributed by atoms with E-state index in [0.29, 0.717) is 5.92 Å². The number of piperazine rings is 1. The maximum atomic E-state index is 12.4. The van der Waals surface area contributed by atoms with Gasteiger partial charge in [0.05, 0.1) is 6.54 Å². The summed E-state index contributed by atoms with van der Waals surface area (Å²) in [7, 11) is 0. The highest BCUT2D eigenvalue weighted by atomic mass is 16.2. The van der Waals surface area contributed by atoms with Crippen molar-refractivity contribution < 1.29 is 4.79 Å². The number of imidazole rings is 1. The maximum absolute atomic E-state index is 12.4. The molecule has 1 aromatic carbocycles. The van der Waals surface area contributed by atoms with Crippen LogP contribution in [0, 0.1) is 19.8 Å². The summed E-state index contributed by atoms with van der Waals surface area (Å²) in [4.78, 5) is 26.3. The molecule has 2 aromatic heterocycles. The van der Waals surface area contributed by atoms with Crippen LogP contribution in [0.1, 0.15) is 37.2 Å². The summed E-state index contributed by atoms with van der Waals surface area (Å²) in [5, 5.41) is 3.05. The molecule has 1 saturated heterocycles. The molecule has 2 amide bonds. The average Bonchev–Trinajstić information content (AvgIpc) is 3.11. The molecule has 0 spiro atoms. The number of urea groups is 1. The summed E-state index contributed by atoms with van der Waals surface area (Å²) in [5.74, 6) is 1.58. The van der Waals surface area contributed by atoms with Crippen LogP contribution in [0.4, 0.5) is 4.79 Å². The zero-order valence-corrected chi connectivity index (χ0v) is 19.6. The van der Waals surface area contributed by atoms with Crippen LogP contribution in [0.2, 0.25) is 0 Å². The number of amides is 2. The molecular formula is C25H34N6O. The molecule has 3 heterocycles. The monoisotopic (exact) mass is 434 g/mol. The third-order valence-corrected chi connectivity index (χ3v) is 5.97. The molecule has 0 aliphatic carbocycles. The zero-order chi connectivity index (χ0) is 22.7. The van der Waals surface area contributed by atoms with Gasteiger partial charge in [-0.3, -0.25) is 9.47 Å². The number of carbonyl (C=O) groups is 1. The summed E-state index contributed by atoms with van der Waals surface area (Å²) >= 11 is 0. The number of benzene rings is 1. The highest BCUT2D eigenvalue weighted by Gasteiger charge is 2.23. The van der Waals surface area contributed by atoms with Crippen LogP contribution in [-0.4, -0.2) is 63.1 Å². The van der Waals surface area contributed by atoms with Crippen molar-refractivity contribution in [2.45, 2.75) is 40.7 Å². The van der Waals surface area contributed by atoms with E-state index in [1.807, 2.05) is 23.2 Å². The second-order valence-electron chi connectivity index (χ2n) is 9.23. The van der Waals surface area contributed by atoms with Gasteiger partial charge in [-0.15, -0.1) is 0 Å². The Morgan fingerprint density at radius 2 is 1.81 bits per heavy atom. The number of aromatic nitrogens is 3. The van der Waals surface area contributed by atoms with Gasteiger partial charge in [-0.1, -0.05) is 19.9 Å². The number of nitrogens with one attached hydrogen (secondary N) is 1. The van der Waals surface area contributed by atoms with Gasteiger partial charge in [0.15, 0.2) is 5.65 Å². The number of hydrogen-bond donors (Lipinski definition) is 1. The van der Waals surface area contributed by atoms with E-state index in [-0.39, 0.29) is 6.03 Å². The Morgan fingerprint density at radius 3 is 2.50 bits per heavy atom. The lowest BCUT2D eigenvalue weighted by molar-refractivity contribution is 0.133. The quantitative estimate of drug-likeness (QED) is 0.639. The molecule has 7 heteroatoms. The largest absolute Gasteiger partial charge is 0.338 e. The number of rotatable bonds is 6. The van der Waals surface area contributed by atoms with Gasteiger partial charge in [-0.05, 0) is 61.6 Å². The smallest absolute Gasteiger partial charge is 0.317 e. The first-order valence-corrected chi connectivity index (χ1v) is 11.6. The summed E-state index contributed by atoms with van der Waals surface area (Å²) in [5.41, 5.74) is 5.34. The summed E-state index contributed by atoms with van der Waals surface area (Å²) in [6.07, 6.45) is 2.83. The molecular weight excluding hydrogens is 400 g/mol. The molecule has 0 atom stereocenters. The average molecular weight is 435 g/mol. The molecule has 1 N–H and O–H groups in total. The van der Waals surface area contributed by atoms with Gasteiger partial charge in [-0.2, -0.15) is 0 Å². The van der Waals surface area contributed by atoms with E-state index in [4.69, 9.17) is 4.98 Å². The van der Waals surface area contributed by atoms with Crippen molar-refractivity contribution >= 4 is 17.2 Å². The Kier molecular flexibility index (Phi) is 6.74. The standard InChI is InChI=1S/C25H34N6O/c1-18(2)7-9-27-25(32)30-12-10-29(11-13-30)17-23-28-22-6-5-8-26-24(22)31(23)21-15-19(3)14-20(4)16-21/h5-6,8,14-16,18H,7,9-13,17H2,1-4H3,(H,27,32). The normalized spacial score (nSPS) is 15.0. The van der Waals surface area contributed by atoms with Gasteiger partial charge in [-0.25, -0.2) is 14.8 Å². The van der Waals surface area contributed by atoms with Gasteiger partial charge < -0.3 is 10.2 Å². The Morgan fingerprint density at radius 1 is 1.09 bits per heavy atom. The molecule has 1 aliphatic rings. The lowest BCUT2D eigenvalue weighted by Crippen LogP contribution is -2.51. The first-order valence-electron chi connectivity index (χ1n) is 11.6. The van der Waals surface area contributed by atoms with Gasteiger partial charge >= 0.3 is 6.03 Å². The topological polar surface area (TPSA) is 66.3 Å². The number of hydrogen-bond acceptors (Lipinski definition) is 4. The summed E-state index contributed by atoms with van der Waals surface area (Å²) in [6, 6.07) is 10.6. The molecule has 0 radical (unpaired) electrons. The predicted octanol–water partition coefficient (Wildman–Crippen LogP) is 3.91. The van der Waals surface area contributed by atoms with Crippen molar-refractivity contribution in [3.63, 3.8) is 0 Å². The van der Waals surface area contributed by atoms with Crippen LogP contribution in [0.5, 0.6) is 0 Å². The van der Waals surface area contributed by atoms with Crippen LogP contribution in [0.15, 0.2) is 36.5 Å². The second-order valence-corrected chi connectivity index (χ2v) is 9.23. The predicted molar refractivity (Wildman–Crippen MR) is 128 cm³/mol. The van der Waals surface area contributed by atoms with E-state index in [9.17, 15) is 4.79 Å². The van der Waals surface area contributed by atoms with E-state index < -0.39 is 0 Å². The minimum absolute atomic E-state index is 0.0528. The fourth-order valence-electron chi connectivity index (χ4n) is 4.31. The highest BCUT2D eigenvalue weighted by molar-refractivity contribution is 5.74. The summed E-state index contributed by atoms with van der Waals surface area (Å²) < 4.78 is 2.18. The Labute approximate surface area is 190 Å². The number of pyridine rings is 1. The molecule has 4 rings (SSSR count). The van der Waals surface area contributed by atoms with Crippen molar-refractivity contribution in [2.75, 3.05) is 32.7 Å². The molecule has 0 bridgehead atoms. The lowest BCUT2D eigenvalue weighted by atomic mass is 10.1. The zero-order valence-electron chi connectivity index (χ0n) is 19.6. The van der Waals surface area contributed by atoms with Crippen LogP contribution < -0.4 is 5.32 Å². The van der Waals surface area contributed by atoms with Crippen LogP contribution in [-0.2, 0) is 6.54 Å². The van der Waals surface area contributed by atoms with Gasteiger partial charge in [0.2, 0.25) is 0 Å².